The Bertz CT molecular complexity index is 1170. The molecule has 0 unspecified atom stereocenters. The molecule has 0 aromatic heterocycles. The van der Waals surface area contributed by atoms with Gasteiger partial charge in [0.05, 0.1) is 17.5 Å². The number of anilines is 3. The van der Waals surface area contributed by atoms with Gasteiger partial charge in [0, 0.05) is 11.4 Å². The number of carbonyl (C=O) groups excluding carboxylic acids is 1. The minimum Gasteiger partial charge on any atom is -0.456 e. The van der Waals surface area contributed by atoms with Gasteiger partial charge in [0.15, 0.2) is 0 Å². The first-order valence-corrected chi connectivity index (χ1v) is 11.7. The van der Waals surface area contributed by atoms with E-state index < -0.39 is 21.6 Å². The lowest BCUT2D eigenvalue weighted by atomic mass is 10.0. The van der Waals surface area contributed by atoms with E-state index in [4.69, 9.17) is 4.74 Å². The Morgan fingerprint density at radius 3 is 2.03 bits per heavy atom. The fraction of sp³-hybridized carbons (Fsp3) is 0.208. The van der Waals surface area contributed by atoms with E-state index in [2.05, 4.69) is 10.0 Å². The Morgan fingerprint density at radius 1 is 0.839 bits per heavy atom. The second-order valence-corrected chi connectivity index (χ2v) is 9.95. The number of sulfonamides is 1. The molecular weight excluding hydrogens is 412 g/mol. The zero-order chi connectivity index (χ0) is 22.6. The van der Waals surface area contributed by atoms with Crippen molar-refractivity contribution in [3.8, 4) is 11.1 Å². The van der Waals surface area contributed by atoms with Gasteiger partial charge < -0.3 is 10.1 Å². The second kappa shape index (κ2) is 8.81. The first-order chi connectivity index (χ1) is 14.5. The van der Waals surface area contributed by atoms with Crippen molar-refractivity contribution >= 4 is 33.1 Å². The van der Waals surface area contributed by atoms with Crippen LogP contribution in [0.3, 0.4) is 0 Å². The second-order valence-electron chi connectivity index (χ2n) is 8.20. The van der Waals surface area contributed by atoms with E-state index >= 15 is 0 Å². The molecule has 2 N–H and O–H groups in total. The quantitative estimate of drug-likeness (QED) is 0.502. The molecule has 31 heavy (non-hydrogen) atoms. The number of hydrogen-bond acceptors (Lipinski definition) is 5. The molecule has 0 aliphatic carbocycles. The van der Waals surface area contributed by atoms with Crippen molar-refractivity contribution in [1.82, 2.24) is 0 Å². The van der Waals surface area contributed by atoms with Crippen molar-refractivity contribution in [1.29, 1.82) is 0 Å². The van der Waals surface area contributed by atoms with Gasteiger partial charge in [0.2, 0.25) is 10.0 Å². The monoisotopic (exact) mass is 438 g/mol. The topological polar surface area (TPSA) is 84.5 Å². The van der Waals surface area contributed by atoms with Crippen molar-refractivity contribution in [2.75, 3.05) is 16.3 Å². The van der Waals surface area contributed by atoms with Crippen molar-refractivity contribution in [2.24, 2.45) is 0 Å². The van der Waals surface area contributed by atoms with Gasteiger partial charge >= 0.3 is 5.97 Å². The Hall–Kier alpha value is -3.32. The average Bonchev–Trinajstić information content (AvgIpc) is 2.67. The van der Waals surface area contributed by atoms with E-state index in [1.54, 1.807) is 18.2 Å². The van der Waals surface area contributed by atoms with Crippen LogP contribution < -0.4 is 10.0 Å². The highest BCUT2D eigenvalue weighted by atomic mass is 32.2. The highest BCUT2D eigenvalue weighted by Gasteiger charge is 2.21. The molecule has 162 valence electrons. The van der Waals surface area contributed by atoms with Crippen LogP contribution in [0.1, 0.15) is 31.1 Å². The van der Waals surface area contributed by atoms with E-state index in [0.717, 1.165) is 23.1 Å². The van der Waals surface area contributed by atoms with Crippen molar-refractivity contribution in [2.45, 2.75) is 26.4 Å². The number of nitrogens with one attached hydrogen (secondary N) is 2. The molecule has 0 aliphatic heterocycles. The van der Waals surface area contributed by atoms with Gasteiger partial charge in [-0.3, -0.25) is 4.72 Å². The molecule has 0 saturated carbocycles. The molecule has 0 atom stereocenters. The van der Waals surface area contributed by atoms with Gasteiger partial charge in [0.25, 0.3) is 0 Å². The Labute approximate surface area is 183 Å². The van der Waals surface area contributed by atoms with E-state index in [1.165, 1.54) is 0 Å². The molecule has 0 spiro atoms. The van der Waals surface area contributed by atoms with Gasteiger partial charge in [-0.25, -0.2) is 13.2 Å². The van der Waals surface area contributed by atoms with Crippen LogP contribution in [0.4, 0.5) is 17.1 Å². The van der Waals surface area contributed by atoms with Gasteiger partial charge in [-0.05, 0) is 68.3 Å². The zero-order valence-corrected chi connectivity index (χ0v) is 18.8. The summed E-state index contributed by atoms with van der Waals surface area (Å²) in [6.45, 7) is 5.49. The number of esters is 1. The summed E-state index contributed by atoms with van der Waals surface area (Å²) in [7, 11) is -3.34. The summed E-state index contributed by atoms with van der Waals surface area (Å²) in [4.78, 5) is 12.8. The predicted octanol–water partition coefficient (Wildman–Crippen LogP) is 5.42. The first kappa shape index (κ1) is 22.4. The van der Waals surface area contributed by atoms with Crippen LogP contribution in [-0.4, -0.2) is 26.2 Å². The Morgan fingerprint density at radius 2 is 1.45 bits per heavy atom. The van der Waals surface area contributed by atoms with Crippen LogP contribution in [0.25, 0.3) is 11.1 Å². The SMILES string of the molecule is CC(C)(C)OC(=O)c1ccc(-c2ccc(NS(C)(=O)=O)cc2)cc1Nc1ccccc1. The molecule has 0 radical (unpaired) electrons. The maximum absolute atomic E-state index is 12.8. The van der Waals surface area contributed by atoms with Crippen LogP contribution in [0, 0.1) is 0 Å². The summed E-state index contributed by atoms with van der Waals surface area (Å²) >= 11 is 0. The molecule has 0 fully saturated rings. The number of para-hydroxylation sites is 1. The molecule has 3 aromatic rings. The summed E-state index contributed by atoms with van der Waals surface area (Å²) in [5.74, 6) is -0.412. The van der Waals surface area contributed by atoms with Crippen LogP contribution in [0.5, 0.6) is 0 Å². The van der Waals surface area contributed by atoms with Crippen LogP contribution in [0.2, 0.25) is 0 Å². The van der Waals surface area contributed by atoms with Crippen LogP contribution >= 0.6 is 0 Å². The molecule has 7 heteroatoms. The Balaban J connectivity index is 1.97. The number of ether oxygens (including phenoxy) is 1. The van der Waals surface area contributed by atoms with Crippen LogP contribution in [-0.2, 0) is 14.8 Å². The number of rotatable bonds is 6. The van der Waals surface area contributed by atoms with Gasteiger partial charge in [-0.15, -0.1) is 0 Å². The first-order valence-electron chi connectivity index (χ1n) is 9.78. The summed E-state index contributed by atoms with van der Waals surface area (Å²) in [6, 6.07) is 22.1. The van der Waals surface area contributed by atoms with Crippen molar-refractivity contribution < 1.29 is 17.9 Å². The molecular formula is C24H26N2O4S. The van der Waals surface area contributed by atoms with Crippen molar-refractivity contribution in [3.05, 3.63) is 78.4 Å². The van der Waals surface area contributed by atoms with Gasteiger partial charge in [0.1, 0.15) is 5.60 Å². The molecule has 3 rings (SSSR count). The Kier molecular flexibility index (Phi) is 6.36. The van der Waals surface area contributed by atoms with E-state index in [1.807, 2.05) is 75.4 Å². The third kappa shape index (κ3) is 6.58. The fourth-order valence-electron chi connectivity index (χ4n) is 2.96. The molecule has 3 aromatic carbocycles. The summed E-state index contributed by atoms with van der Waals surface area (Å²) in [5, 5.41) is 3.30. The molecule has 0 heterocycles. The summed E-state index contributed by atoms with van der Waals surface area (Å²) in [6.07, 6.45) is 1.11. The van der Waals surface area contributed by atoms with Crippen molar-refractivity contribution in [3.63, 3.8) is 0 Å². The minimum atomic E-state index is -3.34. The average molecular weight is 439 g/mol. The molecule has 0 bridgehead atoms. The summed E-state index contributed by atoms with van der Waals surface area (Å²) < 4.78 is 30.8. The lowest BCUT2D eigenvalue weighted by Gasteiger charge is -2.21. The molecule has 6 nitrogen and oxygen atoms in total. The van der Waals surface area contributed by atoms with E-state index in [-0.39, 0.29) is 0 Å². The van der Waals surface area contributed by atoms with Crippen LogP contribution in [0.15, 0.2) is 72.8 Å². The molecule has 0 aliphatic rings. The fourth-order valence-corrected chi connectivity index (χ4v) is 3.52. The third-order valence-corrected chi connectivity index (χ3v) is 4.82. The largest absolute Gasteiger partial charge is 0.456 e. The van der Waals surface area contributed by atoms with E-state index in [9.17, 15) is 13.2 Å². The maximum atomic E-state index is 12.8. The van der Waals surface area contributed by atoms with Gasteiger partial charge in [-0.2, -0.15) is 0 Å². The number of carbonyl (C=O) groups is 1. The number of hydrogen-bond donors (Lipinski definition) is 2. The van der Waals surface area contributed by atoms with Gasteiger partial charge in [-0.1, -0.05) is 36.4 Å². The lowest BCUT2D eigenvalue weighted by Crippen LogP contribution is -2.24. The van der Waals surface area contributed by atoms with E-state index in [0.29, 0.717) is 16.9 Å². The highest BCUT2D eigenvalue weighted by Crippen LogP contribution is 2.30. The zero-order valence-electron chi connectivity index (χ0n) is 18.0. The predicted molar refractivity (Wildman–Crippen MR) is 125 cm³/mol. The highest BCUT2D eigenvalue weighted by molar-refractivity contribution is 7.92. The standard InChI is InChI=1S/C24H26N2O4S/c1-24(2,3)30-23(27)21-15-12-18(16-22(21)25-19-8-6-5-7-9-19)17-10-13-20(14-11-17)26-31(4,28)29/h5-16,25-26H,1-4H3. The lowest BCUT2D eigenvalue weighted by molar-refractivity contribution is 0.00707. The third-order valence-electron chi connectivity index (χ3n) is 4.21. The molecule has 0 saturated heterocycles. The smallest absolute Gasteiger partial charge is 0.340 e. The summed E-state index contributed by atoms with van der Waals surface area (Å²) in [5.41, 5.74) is 3.52. The number of benzene rings is 3. The normalized spacial score (nSPS) is 11.6. The minimum absolute atomic E-state index is 0.412. The molecule has 0 amide bonds. The maximum Gasteiger partial charge on any atom is 0.340 e.